The molecule has 0 unspecified atom stereocenters. The summed E-state index contributed by atoms with van der Waals surface area (Å²) in [7, 11) is -4.88. The maximum Gasteiger partial charge on any atom is 0.296 e. The molecule has 0 bridgehead atoms. The second-order valence-corrected chi connectivity index (χ2v) is 10.2. The van der Waals surface area contributed by atoms with Gasteiger partial charge in [-0.2, -0.15) is 13.5 Å². The Bertz CT molecular complexity index is 1750. The number of aliphatic hydroxyl groups is 2. The molecular formula is C26H30N6O10S. The monoisotopic (exact) mass is 618 g/mol. The largest absolute Gasteiger partial charge is 0.494 e. The maximum absolute atomic E-state index is 12.8. The van der Waals surface area contributed by atoms with Crippen molar-refractivity contribution in [1.29, 1.82) is 0 Å². The average Bonchev–Trinajstić information content (AvgIpc) is 2.94. The van der Waals surface area contributed by atoms with Gasteiger partial charge in [-0.15, -0.1) is 15.3 Å². The number of carbonyl (C=O) groups excluding carboxylic acids is 1. The van der Waals surface area contributed by atoms with Crippen molar-refractivity contribution in [2.75, 3.05) is 26.4 Å². The number of hydrogen-bond acceptors (Lipinski definition) is 13. The van der Waals surface area contributed by atoms with Crippen LogP contribution < -0.4 is 20.8 Å². The highest BCUT2D eigenvalue weighted by molar-refractivity contribution is 7.86. The zero-order valence-corrected chi connectivity index (χ0v) is 24.2. The summed E-state index contributed by atoms with van der Waals surface area (Å²) in [4.78, 5) is 24.0. The fraction of sp³-hybridized carbons (Fsp3) is 0.308. The number of nitrogens with two attached hydrogens (primary N) is 1. The fourth-order valence-corrected chi connectivity index (χ4v) is 4.54. The van der Waals surface area contributed by atoms with Gasteiger partial charge in [0, 0.05) is 18.2 Å². The first kappa shape index (κ1) is 32.8. The Kier molecular flexibility index (Phi) is 10.7. The second-order valence-electron chi connectivity index (χ2n) is 8.84. The lowest BCUT2D eigenvalue weighted by molar-refractivity contribution is 0.0995. The smallest absolute Gasteiger partial charge is 0.296 e. The molecule has 1 heterocycles. The lowest BCUT2D eigenvalue weighted by atomic mass is 10.1. The van der Waals surface area contributed by atoms with E-state index in [0.717, 1.165) is 10.6 Å². The summed E-state index contributed by atoms with van der Waals surface area (Å²) in [6.07, 6.45) is 0. The van der Waals surface area contributed by atoms with Gasteiger partial charge in [-0.05, 0) is 50.6 Å². The van der Waals surface area contributed by atoms with Crippen molar-refractivity contribution in [2.45, 2.75) is 32.2 Å². The van der Waals surface area contributed by atoms with Crippen LogP contribution in [0.15, 0.2) is 60.5 Å². The van der Waals surface area contributed by atoms with E-state index >= 15 is 0 Å². The van der Waals surface area contributed by atoms with Gasteiger partial charge in [0.15, 0.2) is 5.69 Å². The average molecular weight is 619 g/mol. The minimum atomic E-state index is -4.88. The van der Waals surface area contributed by atoms with Gasteiger partial charge in [0.2, 0.25) is 5.88 Å². The van der Waals surface area contributed by atoms with Gasteiger partial charge in [0.25, 0.3) is 21.6 Å². The summed E-state index contributed by atoms with van der Waals surface area (Å²) in [6, 6.07) is 6.40. The van der Waals surface area contributed by atoms with E-state index in [1.807, 2.05) is 0 Å². The van der Waals surface area contributed by atoms with E-state index in [1.165, 1.54) is 25.1 Å². The summed E-state index contributed by atoms with van der Waals surface area (Å²) in [5.41, 5.74) is 4.21. The number of hydrogen-bond donors (Lipinski definition) is 5. The lowest BCUT2D eigenvalue weighted by Gasteiger charge is -2.13. The summed E-state index contributed by atoms with van der Waals surface area (Å²) < 4.78 is 46.2. The highest BCUT2D eigenvalue weighted by Gasteiger charge is 2.22. The van der Waals surface area contributed by atoms with Gasteiger partial charge in [-0.25, -0.2) is 0 Å². The van der Waals surface area contributed by atoms with Crippen LogP contribution >= 0.6 is 0 Å². The number of aromatic nitrogens is 1. The molecule has 0 atom stereocenters. The van der Waals surface area contributed by atoms with Gasteiger partial charge in [-0.3, -0.25) is 18.7 Å². The van der Waals surface area contributed by atoms with Crippen molar-refractivity contribution in [3.63, 3.8) is 0 Å². The van der Waals surface area contributed by atoms with Crippen LogP contribution in [0.4, 0.5) is 22.7 Å². The number of aromatic hydroxyl groups is 1. The van der Waals surface area contributed by atoms with Crippen LogP contribution in [0.1, 0.15) is 28.4 Å². The molecule has 1 aromatic heterocycles. The van der Waals surface area contributed by atoms with Crippen LogP contribution in [0.3, 0.4) is 0 Å². The summed E-state index contributed by atoms with van der Waals surface area (Å²) >= 11 is 0. The van der Waals surface area contributed by atoms with Crippen LogP contribution in [0, 0.1) is 13.8 Å². The summed E-state index contributed by atoms with van der Waals surface area (Å²) in [5.74, 6) is -1.08. The van der Waals surface area contributed by atoms with Gasteiger partial charge in [0.1, 0.15) is 46.5 Å². The summed E-state index contributed by atoms with van der Waals surface area (Å²) in [6.45, 7) is 3.99. The molecule has 0 saturated heterocycles. The Morgan fingerprint density at radius 1 is 0.953 bits per heavy atom. The Hall–Kier alpha value is -4.71. The van der Waals surface area contributed by atoms with Crippen molar-refractivity contribution in [2.24, 2.45) is 26.2 Å². The van der Waals surface area contributed by atoms with E-state index in [-0.39, 0.29) is 72.6 Å². The predicted molar refractivity (Wildman–Crippen MR) is 152 cm³/mol. The number of aliphatic hydroxyl groups excluding tert-OH is 2. The Morgan fingerprint density at radius 2 is 1.58 bits per heavy atom. The first-order valence-corrected chi connectivity index (χ1v) is 14.1. The van der Waals surface area contributed by atoms with Crippen molar-refractivity contribution < 1.29 is 42.6 Å². The highest BCUT2D eigenvalue weighted by atomic mass is 32.2. The van der Waals surface area contributed by atoms with E-state index in [0.29, 0.717) is 11.3 Å². The Labute approximate surface area is 245 Å². The molecule has 3 aromatic rings. The third-order valence-electron chi connectivity index (χ3n) is 5.93. The molecule has 3 rings (SSSR count). The number of benzene rings is 2. The summed E-state index contributed by atoms with van der Waals surface area (Å²) in [5, 5.41) is 44.3. The van der Waals surface area contributed by atoms with E-state index in [1.54, 1.807) is 19.9 Å². The third-order valence-corrected chi connectivity index (χ3v) is 6.81. The molecule has 2 aromatic carbocycles. The van der Waals surface area contributed by atoms with Crippen molar-refractivity contribution in [3.8, 4) is 17.4 Å². The van der Waals surface area contributed by atoms with Crippen LogP contribution in [0.2, 0.25) is 0 Å². The number of amides is 1. The molecule has 230 valence electrons. The number of aryl methyl sites for hydroxylation is 1. The molecule has 0 aliphatic carbocycles. The minimum Gasteiger partial charge on any atom is -0.494 e. The van der Waals surface area contributed by atoms with Crippen LogP contribution in [-0.2, 0) is 16.7 Å². The van der Waals surface area contributed by atoms with E-state index in [9.17, 15) is 27.7 Å². The molecule has 0 radical (unpaired) electrons. The molecule has 43 heavy (non-hydrogen) atoms. The van der Waals surface area contributed by atoms with Gasteiger partial charge in [-0.1, -0.05) is 0 Å². The standard InChI is InChI=1S/C26H30N6O10S/c1-4-32-25(36)22(24(27)35)15(3)23(26(32)37)31-28-16-5-6-17(21(12-16)43(38,39)40)29-30-18-13-19(41-9-7-33)14(2)11-20(18)42-10-8-34/h5-6,11-13,33-34,36H,4,7-10H2,1-3H3,(H2,27,35)(H,38,39,40). The molecule has 0 spiro atoms. The quantitative estimate of drug-likeness (QED) is 0.138. The number of azo groups is 2. The topological polar surface area (TPSA) is 248 Å². The Balaban J connectivity index is 2.08. The van der Waals surface area contributed by atoms with Crippen molar-refractivity contribution in [1.82, 2.24) is 4.57 Å². The fourth-order valence-electron chi connectivity index (χ4n) is 3.89. The minimum absolute atomic E-state index is 0.00300. The zero-order chi connectivity index (χ0) is 31.9. The maximum atomic E-state index is 12.8. The lowest BCUT2D eigenvalue weighted by Crippen LogP contribution is -2.25. The van der Waals surface area contributed by atoms with Crippen molar-refractivity contribution >= 4 is 38.8 Å². The normalized spacial score (nSPS) is 11.9. The Morgan fingerprint density at radius 3 is 2.16 bits per heavy atom. The highest BCUT2D eigenvalue weighted by Crippen LogP contribution is 2.37. The van der Waals surface area contributed by atoms with E-state index in [2.05, 4.69) is 20.5 Å². The third kappa shape index (κ3) is 7.58. The zero-order valence-electron chi connectivity index (χ0n) is 23.4. The second kappa shape index (κ2) is 14.0. The molecule has 0 saturated carbocycles. The molecule has 16 nitrogen and oxygen atoms in total. The van der Waals surface area contributed by atoms with Gasteiger partial charge < -0.3 is 30.5 Å². The predicted octanol–water partition coefficient (Wildman–Crippen LogP) is 3.11. The molecular weight excluding hydrogens is 588 g/mol. The van der Waals surface area contributed by atoms with E-state index < -0.39 is 32.4 Å². The van der Waals surface area contributed by atoms with Crippen LogP contribution in [0.25, 0.3) is 0 Å². The van der Waals surface area contributed by atoms with Gasteiger partial charge >= 0.3 is 0 Å². The molecule has 17 heteroatoms. The number of nitrogens with zero attached hydrogens (tertiary/aromatic N) is 5. The van der Waals surface area contributed by atoms with Crippen LogP contribution in [-0.4, -0.2) is 65.2 Å². The number of primary amides is 1. The number of pyridine rings is 1. The van der Waals surface area contributed by atoms with Crippen molar-refractivity contribution in [3.05, 3.63) is 57.4 Å². The number of ether oxygens (including phenoxy) is 2. The van der Waals surface area contributed by atoms with E-state index in [4.69, 9.17) is 25.4 Å². The SMILES string of the molecule is CCn1c(O)c(C(N)=O)c(C)c(N=Nc2ccc(N=Nc3cc(OCCO)c(C)cc3OCCO)c(S(=O)(=O)O)c2)c1=O. The molecule has 0 aliphatic heterocycles. The van der Waals surface area contributed by atoms with Gasteiger partial charge in [0.05, 0.1) is 18.9 Å². The molecule has 1 amide bonds. The molecule has 0 fully saturated rings. The van der Waals surface area contributed by atoms with Crippen LogP contribution in [0.5, 0.6) is 17.4 Å². The number of rotatable bonds is 13. The molecule has 0 aliphatic rings. The first-order chi connectivity index (χ1) is 20.3. The molecule has 6 N–H and O–H groups in total. The number of carbonyl (C=O) groups is 1. The first-order valence-electron chi connectivity index (χ1n) is 12.7.